The number of aromatic nitrogens is 2. The Bertz CT molecular complexity index is 845. The Balaban J connectivity index is 1.53. The van der Waals surface area contributed by atoms with Crippen LogP contribution in [0.3, 0.4) is 0 Å². The summed E-state index contributed by atoms with van der Waals surface area (Å²) in [6.45, 7) is 5.11. The van der Waals surface area contributed by atoms with E-state index in [0.29, 0.717) is 25.0 Å². The lowest BCUT2D eigenvalue weighted by molar-refractivity contribution is 0.201. The van der Waals surface area contributed by atoms with Gasteiger partial charge in [0, 0.05) is 10.4 Å². The van der Waals surface area contributed by atoms with Gasteiger partial charge in [0.1, 0.15) is 11.6 Å². The summed E-state index contributed by atoms with van der Waals surface area (Å²) in [4.78, 5) is 16.0. The number of carbonyl (C=O) groups is 1. The molecule has 3 heterocycles. The van der Waals surface area contributed by atoms with Crippen LogP contribution in [-0.2, 0) is 13.1 Å². The van der Waals surface area contributed by atoms with Gasteiger partial charge in [-0.2, -0.15) is 5.10 Å². The molecule has 1 fully saturated rings. The van der Waals surface area contributed by atoms with E-state index < -0.39 is 0 Å². The number of thiophene rings is 1. The molecular formula is C20H24N4O2S. The van der Waals surface area contributed by atoms with Crippen LogP contribution in [0.5, 0.6) is 0 Å². The predicted octanol–water partition coefficient (Wildman–Crippen LogP) is 5.05. The van der Waals surface area contributed by atoms with Crippen molar-refractivity contribution in [2.45, 2.75) is 45.8 Å². The lowest BCUT2D eigenvalue weighted by atomic mass is 10.2. The first kappa shape index (κ1) is 17.9. The number of carbonyl (C=O) groups excluding carboxylic acids is 1. The highest BCUT2D eigenvalue weighted by Gasteiger charge is 2.31. The lowest BCUT2D eigenvalue weighted by Gasteiger charge is -2.23. The summed E-state index contributed by atoms with van der Waals surface area (Å²) in [5.74, 6) is 2.21. The van der Waals surface area contributed by atoms with Crippen LogP contribution in [0.15, 0.2) is 46.5 Å². The van der Waals surface area contributed by atoms with Gasteiger partial charge in [0.25, 0.3) is 0 Å². The molecule has 0 unspecified atom stereocenters. The third kappa shape index (κ3) is 4.08. The van der Waals surface area contributed by atoms with Crippen LogP contribution in [0.4, 0.5) is 10.6 Å². The van der Waals surface area contributed by atoms with Gasteiger partial charge in [-0.05, 0) is 56.2 Å². The minimum atomic E-state index is -0.146. The van der Waals surface area contributed by atoms with Crippen molar-refractivity contribution in [1.29, 1.82) is 0 Å². The van der Waals surface area contributed by atoms with Gasteiger partial charge in [-0.1, -0.05) is 6.07 Å². The van der Waals surface area contributed by atoms with Crippen molar-refractivity contribution in [3.63, 3.8) is 0 Å². The van der Waals surface area contributed by atoms with Crippen LogP contribution in [0.1, 0.15) is 42.0 Å². The Morgan fingerprint density at radius 1 is 1.41 bits per heavy atom. The Labute approximate surface area is 162 Å². The molecule has 142 valence electrons. The summed E-state index contributed by atoms with van der Waals surface area (Å²) in [6.07, 6.45) is 5.92. The maximum absolute atomic E-state index is 13.1. The van der Waals surface area contributed by atoms with Crippen LogP contribution in [-0.4, -0.2) is 20.7 Å². The zero-order chi connectivity index (χ0) is 18.8. The van der Waals surface area contributed by atoms with Gasteiger partial charge >= 0.3 is 6.03 Å². The molecule has 3 aromatic rings. The van der Waals surface area contributed by atoms with E-state index in [1.54, 1.807) is 22.5 Å². The monoisotopic (exact) mass is 384 g/mol. The Morgan fingerprint density at radius 2 is 2.26 bits per heavy atom. The number of urea groups is 1. The van der Waals surface area contributed by atoms with Gasteiger partial charge in [0.05, 0.1) is 31.6 Å². The highest BCUT2D eigenvalue weighted by molar-refractivity contribution is 7.09. The van der Waals surface area contributed by atoms with E-state index in [2.05, 4.69) is 17.3 Å². The van der Waals surface area contributed by atoms with Crippen LogP contribution in [0.25, 0.3) is 0 Å². The van der Waals surface area contributed by atoms with Gasteiger partial charge in [0.2, 0.25) is 0 Å². The molecule has 1 aliphatic rings. The fourth-order valence-corrected chi connectivity index (χ4v) is 3.97. The molecule has 1 N–H and O–H groups in total. The van der Waals surface area contributed by atoms with Gasteiger partial charge in [0.15, 0.2) is 0 Å². The minimum absolute atomic E-state index is 0.146. The van der Waals surface area contributed by atoms with E-state index in [1.165, 1.54) is 12.8 Å². The summed E-state index contributed by atoms with van der Waals surface area (Å²) in [5.41, 5.74) is 0.977. The van der Waals surface area contributed by atoms with Crippen molar-refractivity contribution < 1.29 is 9.21 Å². The molecule has 0 saturated heterocycles. The smallest absolute Gasteiger partial charge is 0.323 e. The Kier molecular flexibility index (Phi) is 5.03. The third-order valence-electron chi connectivity index (χ3n) is 5.03. The van der Waals surface area contributed by atoms with Crippen LogP contribution in [0.2, 0.25) is 0 Å². The van der Waals surface area contributed by atoms with Crippen molar-refractivity contribution in [1.82, 2.24) is 14.7 Å². The molecular weight excluding hydrogens is 360 g/mol. The Hall–Kier alpha value is -2.54. The number of nitrogens with zero attached hydrogens (tertiary/aromatic N) is 3. The number of nitrogens with one attached hydrogen (secondary N) is 1. The molecule has 0 bridgehead atoms. The zero-order valence-corrected chi connectivity index (χ0v) is 16.4. The molecule has 4 rings (SSSR count). The lowest BCUT2D eigenvalue weighted by Crippen LogP contribution is -2.34. The van der Waals surface area contributed by atoms with Gasteiger partial charge in [-0.3, -0.25) is 5.32 Å². The van der Waals surface area contributed by atoms with Crippen LogP contribution >= 0.6 is 11.3 Å². The van der Waals surface area contributed by atoms with Crippen molar-refractivity contribution in [2.75, 3.05) is 5.32 Å². The summed E-state index contributed by atoms with van der Waals surface area (Å²) in [6, 6.07) is 7.92. The number of amides is 2. The molecule has 1 aliphatic carbocycles. The number of hydrogen-bond donors (Lipinski definition) is 1. The highest BCUT2D eigenvalue weighted by atomic mass is 32.1. The normalized spacial score (nSPS) is 14.9. The molecule has 6 nitrogen and oxygen atoms in total. The van der Waals surface area contributed by atoms with Gasteiger partial charge in [-0.25, -0.2) is 9.48 Å². The maximum atomic E-state index is 13.1. The summed E-state index contributed by atoms with van der Waals surface area (Å²) in [5, 5.41) is 9.63. The van der Waals surface area contributed by atoms with E-state index in [0.717, 1.165) is 22.0 Å². The second-order valence-corrected chi connectivity index (χ2v) is 8.18. The predicted molar refractivity (Wildman–Crippen MR) is 106 cm³/mol. The van der Waals surface area contributed by atoms with E-state index >= 15 is 0 Å². The number of furan rings is 1. The summed E-state index contributed by atoms with van der Waals surface area (Å²) in [7, 11) is 0. The zero-order valence-electron chi connectivity index (χ0n) is 15.6. The van der Waals surface area contributed by atoms with E-state index in [4.69, 9.17) is 4.42 Å². The Morgan fingerprint density at radius 3 is 2.93 bits per heavy atom. The van der Waals surface area contributed by atoms with Crippen molar-refractivity contribution in [3.05, 3.63) is 58.3 Å². The summed E-state index contributed by atoms with van der Waals surface area (Å²) < 4.78 is 7.42. The van der Waals surface area contributed by atoms with E-state index in [9.17, 15) is 4.79 Å². The number of aryl methyl sites for hydroxylation is 1. The average Bonchev–Trinajstić information content (AvgIpc) is 3.02. The number of hydrogen-bond acceptors (Lipinski definition) is 4. The molecule has 1 atom stereocenters. The van der Waals surface area contributed by atoms with Crippen LogP contribution < -0.4 is 5.32 Å². The van der Waals surface area contributed by atoms with E-state index in [-0.39, 0.29) is 6.03 Å². The van der Waals surface area contributed by atoms with Gasteiger partial charge in [-0.15, -0.1) is 11.3 Å². The first-order chi connectivity index (χ1) is 13.1. The quantitative estimate of drug-likeness (QED) is 0.620. The standard InChI is InChI=1S/C20H24N4O2S/c1-14-11-21-24(15(2)16-7-8-16)19(14)22-20(25)23(12-17-5-3-9-26-17)13-18-6-4-10-27-18/h3-6,9-11,15-16H,7-8,12-13H2,1-2H3,(H,22,25)/t15-/m1/s1. The second kappa shape index (κ2) is 7.60. The highest BCUT2D eigenvalue weighted by Crippen LogP contribution is 2.40. The van der Waals surface area contributed by atoms with Gasteiger partial charge < -0.3 is 9.32 Å². The maximum Gasteiger partial charge on any atom is 0.323 e. The third-order valence-corrected chi connectivity index (χ3v) is 5.90. The van der Waals surface area contributed by atoms with Crippen molar-refractivity contribution >= 4 is 23.2 Å². The molecule has 7 heteroatoms. The topological polar surface area (TPSA) is 63.3 Å². The molecule has 3 aromatic heterocycles. The van der Waals surface area contributed by atoms with Crippen molar-refractivity contribution in [2.24, 2.45) is 5.92 Å². The number of rotatable bonds is 7. The molecule has 1 saturated carbocycles. The molecule has 0 spiro atoms. The number of anilines is 1. The molecule has 0 radical (unpaired) electrons. The summed E-state index contributed by atoms with van der Waals surface area (Å²) >= 11 is 1.64. The van der Waals surface area contributed by atoms with Crippen LogP contribution in [0, 0.1) is 12.8 Å². The molecule has 0 aromatic carbocycles. The minimum Gasteiger partial charge on any atom is -0.467 e. The first-order valence-corrected chi connectivity index (χ1v) is 10.1. The van der Waals surface area contributed by atoms with E-state index in [1.807, 2.05) is 47.4 Å². The van der Waals surface area contributed by atoms with Crippen molar-refractivity contribution in [3.8, 4) is 0 Å². The second-order valence-electron chi connectivity index (χ2n) is 7.14. The molecule has 2 amide bonds. The first-order valence-electron chi connectivity index (χ1n) is 9.26. The fourth-order valence-electron chi connectivity index (χ4n) is 3.25. The fraction of sp³-hybridized carbons (Fsp3) is 0.400. The average molecular weight is 385 g/mol. The molecule has 0 aliphatic heterocycles. The largest absolute Gasteiger partial charge is 0.467 e. The molecule has 27 heavy (non-hydrogen) atoms. The SMILES string of the molecule is Cc1cnn([C@H](C)C2CC2)c1NC(=O)N(Cc1ccco1)Cc1cccs1.